The van der Waals surface area contributed by atoms with Crippen molar-refractivity contribution in [3.8, 4) is 0 Å². The number of fused-ring (bicyclic) bond motifs is 1. The first kappa shape index (κ1) is 25.2. The van der Waals surface area contributed by atoms with Crippen LogP contribution in [0.25, 0.3) is 11.0 Å². The second kappa shape index (κ2) is 9.43. The average molecular weight is 481 g/mol. The number of anilines is 1. The summed E-state index contributed by atoms with van der Waals surface area (Å²) in [6.07, 6.45) is -6.00. The SMILES string of the molecule is COC(=O)c1oc2ccc(C(F)(F)F)cc2c1NCC(F)(F)C(C)OCCC1(C)OCCO1. The molecule has 1 N–H and O–H groups in total. The van der Waals surface area contributed by atoms with Gasteiger partial charge in [-0.3, -0.25) is 0 Å². The molecule has 1 unspecified atom stereocenters. The average Bonchev–Trinajstić information content (AvgIpc) is 3.34. The lowest BCUT2D eigenvalue weighted by Crippen LogP contribution is -2.41. The molecule has 1 aromatic carbocycles. The van der Waals surface area contributed by atoms with Gasteiger partial charge in [0.05, 0.1) is 44.7 Å². The summed E-state index contributed by atoms with van der Waals surface area (Å²) in [5.74, 6) is -5.88. The molecular formula is C21H24F5NO6. The molecule has 0 amide bonds. The monoisotopic (exact) mass is 481 g/mol. The number of methoxy groups -OCH3 is 1. The molecule has 1 aliphatic rings. The van der Waals surface area contributed by atoms with Gasteiger partial charge in [-0.1, -0.05) is 0 Å². The van der Waals surface area contributed by atoms with E-state index in [0.29, 0.717) is 19.3 Å². The van der Waals surface area contributed by atoms with Crippen LogP contribution in [0.5, 0.6) is 0 Å². The molecule has 0 radical (unpaired) electrons. The van der Waals surface area contributed by atoms with Crippen LogP contribution < -0.4 is 5.32 Å². The van der Waals surface area contributed by atoms with E-state index in [4.69, 9.17) is 18.6 Å². The lowest BCUT2D eigenvalue weighted by molar-refractivity contribution is -0.172. The quantitative estimate of drug-likeness (QED) is 0.406. The third-order valence-electron chi connectivity index (χ3n) is 5.30. The van der Waals surface area contributed by atoms with Crippen molar-refractivity contribution in [1.82, 2.24) is 0 Å². The zero-order valence-corrected chi connectivity index (χ0v) is 18.2. The van der Waals surface area contributed by atoms with E-state index in [-0.39, 0.29) is 29.7 Å². The van der Waals surface area contributed by atoms with Crippen molar-refractivity contribution >= 4 is 22.6 Å². The van der Waals surface area contributed by atoms with Crippen LogP contribution in [0, 0.1) is 0 Å². The van der Waals surface area contributed by atoms with Crippen molar-refractivity contribution in [1.29, 1.82) is 0 Å². The Morgan fingerprint density at radius 3 is 2.48 bits per heavy atom. The first-order valence-electron chi connectivity index (χ1n) is 10.1. The maximum atomic E-state index is 14.7. The summed E-state index contributed by atoms with van der Waals surface area (Å²) < 4.78 is 94.6. The molecule has 1 atom stereocenters. The van der Waals surface area contributed by atoms with E-state index < -0.39 is 47.8 Å². The van der Waals surface area contributed by atoms with E-state index in [0.717, 1.165) is 26.2 Å². The van der Waals surface area contributed by atoms with Gasteiger partial charge >= 0.3 is 12.1 Å². The van der Waals surface area contributed by atoms with E-state index in [9.17, 15) is 26.7 Å². The van der Waals surface area contributed by atoms with Crippen LogP contribution in [-0.4, -0.2) is 57.3 Å². The van der Waals surface area contributed by atoms with E-state index in [2.05, 4.69) is 10.1 Å². The van der Waals surface area contributed by atoms with Gasteiger partial charge in [-0.2, -0.15) is 13.2 Å². The van der Waals surface area contributed by atoms with Gasteiger partial charge in [0.2, 0.25) is 5.76 Å². The predicted molar refractivity (Wildman–Crippen MR) is 106 cm³/mol. The van der Waals surface area contributed by atoms with Crippen LogP contribution in [0.4, 0.5) is 27.6 Å². The Balaban J connectivity index is 1.75. The Morgan fingerprint density at radius 1 is 1.21 bits per heavy atom. The molecule has 1 aliphatic heterocycles. The standard InChI is InChI=1S/C21H24F5NO6/c1-12(30-7-6-19(2)31-8-9-32-19)20(22,23)11-27-16-14-10-13(21(24,25)26)4-5-15(14)33-17(16)18(28)29-3/h4-5,10,12,27H,6-9,11H2,1-3H3. The maximum Gasteiger partial charge on any atom is 0.416 e. The number of nitrogens with one attached hydrogen (secondary N) is 1. The summed E-state index contributed by atoms with van der Waals surface area (Å²) in [6, 6.07) is 2.49. The lowest BCUT2D eigenvalue weighted by Gasteiger charge is -2.27. The van der Waals surface area contributed by atoms with Crippen molar-refractivity contribution in [3.63, 3.8) is 0 Å². The van der Waals surface area contributed by atoms with Gasteiger partial charge in [-0.05, 0) is 32.0 Å². The first-order valence-corrected chi connectivity index (χ1v) is 10.1. The molecule has 1 saturated heterocycles. The summed E-state index contributed by atoms with van der Waals surface area (Å²) in [5.41, 5.74) is -1.44. The smallest absolute Gasteiger partial charge is 0.416 e. The number of carbonyl (C=O) groups excluding carboxylic acids is 1. The Bertz CT molecular complexity index is 983. The lowest BCUT2D eigenvalue weighted by atomic mass is 10.1. The number of hydrogen-bond donors (Lipinski definition) is 1. The minimum Gasteiger partial charge on any atom is -0.463 e. The van der Waals surface area contributed by atoms with Gasteiger partial charge in [0.1, 0.15) is 11.7 Å². The molecule has 12 heteroatoms. The fourth-order valence-corrected chi connectivity index (χ4v) is 3.28. The Labute approximate surface area is 186 Å². The Hall–Kier alpha value is -2.44. The van der Waals surface area contributed by atoms with E-state index in [1.54, 1.807) is 6.92 Å². The second-order valence-corrected chi connectivity index (χ2v) is 7.71. The number of halogens is 5. The molecule has 33 heavy (non-hydrogen) atoms. The van der Waals surface area contributed by atoms with Crippen LogP contribution in [-0.2, 0) is 25.1 Å². The van der Waals surface area contributed by atoms with Gasteiger partial charge in [0.25, 0.3) is 5.92 Å². The highest BCUT2D eigenvalue weighted by molar-refractivity contribution is 6.04. The van der Waals surface area contributed by atoms with Crippen molar-refractivity contribution in [2.45, 2.75) is 44.3 Å². The van der Waals surface area contributed by atoms with Gasteiger partial charge in [-0.15, -0.1) is 0 Å². The highest BCUT2D eigenvalue weighted by atomic mass is 19.4. The largest absolute Gasteiger partial charge is 0.463 e. The molecule has 1 fully saturated rings. The normalized spacial score (nSPS) is 17.3. The zero-order chi connectivity index (χ0) is 24.4. The van der Waals surface area contributed by atoms with Crippen molar-refractivity contribution in [3.05, 3.63) is 29.5 Å². The van der Waals surface area contributed by atoms with Crippen LogP contribution in [0.1, 0.15) is 36.4 Å². The van der Waals surface area contributed by atoms with Gasteiger partial charge < -0.3 is 28.7 Å². The Kier molecular flexibility index (Phi) is 7.20. The summed E-state index contributed by atoms with van der Waals surface area (Å²) in [7, 11) is 1.03. The van der Waals surface area contributed by atoms with Gasteiger partial charge in [0.15, 0.2) is 5.79 Å². The molecular weight excluding hydrogens is 457 g/mol. The molecule has 2 heterocycles. The summed E-state index contributed by atoms with van der Waals surface area (Å²) in [6.45, 7) is 2.56. The molecule has 0 aliphatic carbocycles. The number of furan rings is 1. The number of ether oxygens (including phenoxy) is 4. The van der Waals surface area contributed by atoms with Gasteiger partial charge in [0, 0.05) is 11.8 Å². The van der Waals surface area contributed by atoms with Crippen LogP contribution >= 0.6 is 0 Å². The summed E-state index contributed by atoms with van der Waals surface area (Å²) in [5, 5.41) is 2.17. The minimum atomic E-state index is -4.68. The summed E-state index contributed by atoms with van der Waals surface area (Å²) >= 11 is 0. The second-order valence-electron chi connectivity index (χ2n) is 7.71. The molecule has 7 nitrogen and oxygen atoms in total. The van der Waals surface area contributed by atoms with E-state index in [1.807, 2.05) is 0 Å². The maximum absolute atomic E-state index is 14.7. The topological polar surface area (TPSA) is 79.2 Å². The number of hydrogen-bond acceptors (Lipinski definition) is 7. The van der Waals surface area contributed by atoms with Crippen molar-refractivity contribution < 1.29 is 50.1 Å². The fourth-order valence-electron chi connectivity index (χ4n) is 3.28. The molecule has 0 bridgehead atoms. The first-order chi connectivity index (χ1) is 15.4. The van der Waals surface area contributed by atoms with Crippen LogP contribution in [0.2, 0.25) is 0 Å². The molecule has 3 rings (SSSR count). The third kappa shape index (κ3) is 5.74. The number of esters is 1. The molecule has 2 aromatic rings. The predicted octanol–water partition coefficient (Wildman–Crippen LogP) is 4.84. The number of benzene rings is 1. The molecule has 0 spiro atoms. The van der Waals surface area contributed by atoms with Crippen LogP contribution in [0.3, 0.4) is 0 Å². The molecule has 0 saturated carbocycles. The van der Waals surface area contributed by atoms with E-state index in [1.165, 1.54) is 0 Å². The highest BCUT2D eigenvalue weighted by Gasteiger charge is 2.39. The minimum absolute atomic E-state index is 0.0652. The molecule has 1 aromatic heterocycles. The fraction of sp³-hybridized carbons (Fsp3) is 0.571. The number of alkyl halides is 5. The third-order valence-corrected chi connectivity index (χ3v) is 5.30. The molecule has 184 valence electrons. The zero-order valence-electron chi connectivity index (χ0n) is 18.2. The number of carbonyl (C=O) groups is 1. The van der Waals surface area contributed by atoms with Crippen LogP contribution in [0.15, 0.2) is 22.6 Å². The van der Waals surface area contributed by atoms with E-state index >= 15 is 0 Å². The summed E-state index contributed by atoms with van der Waals surface area (Å²) in [4.78, 5) is 12.0. The van der Waals surface area contributed by atoms with Crippen molar-refractivity contribution in [2.24, 2.45) is 0 Å². The number of rotatable bonds is 9. The Morgan fingerprint density at radius 2 is 1.88 bits per heavy atom. The highest BCUT2D eigenvalue weighted by Crippen LogP contribution is 2.38. The van der Waals surface area contributed by atoms with Gasteiger partial charge in [-0.25, -0.2) is 13.6 Å². The van der Waals surface area contributed by atoms with Crippen molar-refractivity contribution in [2.75, 3.05) is 38.8 Å².